The lowest BCUT2D eigenvalue weighted by Gasteiger charge is -2.27. The van der Waals surface area contributed by atoms with Crippen LogP contribution in [0.4, 0.5) is 17.1 Å². The summed E-state index contributed by atoms with van der Waals surface area (Å²) in [4.78, 5) is 2.41. The van der Waals surface area contributed by atoms with Crippen LogP contribution in [-0.2, 0) is 0 Å². The summed E-state index contributed by atoms with van der Waals surface area (Å²) in [5.41, 5.74) is 12.4. The molecular formula is C48H31NOS. The van der Waals surface area contributed by atoms with Crippen LogP contribution >= 0.6 is 11.3 Å². The van der Waals surface area contributed by atoms with Gasteiger partial charge in [-0.2, -0.15) is 0 Å². The van der Waals surface area contributed by atoms with Crippen molar-refractivity contribution >= 4 is 70.5 Å². The molecule has 0 aliphatic rings. The quantitative estimate of drug-likeness (QED) is 0.175. The average Bonchev–Trinajstić information content (AvgIpc) is 3.78. The van der Waals surface area contributed by atoms with E-state index in [1.807, 2.05) is 23.5 Å². The van der Waals surface area contributed by atoms with E-state index in [1.165, 1.54) is 53.6 Å². The molecule has 0 saturated heterocycles. The number of hydrogen-bond acceptors (Lipinski definition) is 3. The average molecular weight is 670 g/mol. The number of anilines is 3. The first kappa shape index (κ1) is 29.5. The predicted molar refractivity (Wildman–Crippen MR) is 218 cm³/mol. The SMILES string of the molecule is c1ccc(-c2ccc(-c3ccc(N(c4ccc5oc6ccccc6c5c4)c4ccc(-c5ccccc5)c5c4sc4ccccc45)cc3)cc2)cc1. The smallest absolute Gasteiger partial charge is 0.135 e. The number of thiophene rings is 1. The third-order valence-corrected chi connectivity index (χ3v) is 11.1. The molecule has 0 atom stereocenters. The lowest BCUT2D eigenvalue weighted by atomic mass is 9.98. The van der Waals surface area contributed by atoms with Crippen molar-refractivity contribution in [3.8, 4) is 33.4 Å². The third kappa shape index (κ3) is 5.10. The Bertz CT molecular complexity index is 2830. The van der Waals surface area contributed by atoms with E-state index in [0.29, 0.717) is 0 Å². The number of fused-ring (bicyclic) bond motifs is 6. The van der Waals surface area contributed by atoms with Gasteiger partial charge in [0.2, 0.25) is 0 Å². The highest BCUT2D eigenvalue weighted by Crippen LogP contribution is 2.49. The van der Waals surface area contributed by atoms with Gasteiger partial charge in [0.15, 0.2) is 0 Å². The van der Waals surface area contributed by atoms with E-state index >= 15 is 0 Å². The summed E-state index contributed by atoms with van der Waals surface area (Å²) in [5, 5.41) is 4.80. The maximum atomic E-state index is 6.26. The maximum absolute atomic E-state index is 6.26. The van der Waals surface area contributed by atoms with Crippen molar-refractivity contribution in [2.45, 2.75) is 0 Å². The Hall–Kier alpha value is -6.42. The molecule has 0 bridgehead atoms. The molecule has 10 aromatic rings. The minimum Gasteiger partial charge on any atom is -0.456 e. The van der Waals surface area contributed by atoms with Crippen LogP contribution in [0, 0.1) is 0 Å². The van der Waals surface area contributed by atoms with Gasteiger partial charge in [0.1, 0.15) is 11.2 Å². The molecule has 0 N–H and O–H groups in total. The first-order chi connectivity index (χ1) is 25.3. The number of rotatable bonds is 6. The summed E-state index contributed by atoms with van der Waals surface area (Å²) in [6.45, 7) is 0. The fraction of sp³-hybridized carbons (Fsp3) is 0. The molecule has 0 fully saturated rings. The van der Waals surface area contributed by atoms with Crippen molar-refractivity contribution in [3.05, 3.63) is 188 Å². The molecule has 240 valence electrons. The Morgan fingerprint density at radius 3 is 1.67 bits per heavy atom. The van der Waals surface area contributed by atoms with E-state index in [1.54, 1.807) is 0 Å². The number of furan rings is 1. The van der Waals surface area contributed by atoms with Crippen LogP contribution in [0.5, 0.6) is 0 Å². The highest BCUT2D eigenvalue weighted by molar-refractivity contribution is 7.26. The summed E-state index contributed by atoms with van der Waals surface area (Å²) in [6, 6.07) is 67.4. The van der Waals surface area contributed by atoms with Crippen LogP contribution < -0.4 is 4.90 Å². The fourth-order valence-electron chi connectivity index (χ4n) is 7.42. The van der Waals surface area contributed by atoms with Crippen LogP contribution in [0.2, 0.25) is 0 Å². The van der Waals surface area contributed by atoms with Crippen molar-refractivity contribution in [2.75, 3.05) is 4.90 Å². The van der Waals surface area contributed by atoms with Gasteiger partial charge in [-0.3, -0.25) is 0 Å². The Labute approximate surface area is 300 Å². The number of hydrogen-bond donors (Lipinski definition) is 0. The summed E-state index contributed by atoms with van der Waals surface area (Å²) in [5.74, 6) is 0. The molecule has 0 saturated carbocycles. The topological polar surface area (TPSA) is 16.4 Å². The zero-order valence-corrected chi connectivity index (χ0v) is 28.5. The first-order valence-electron chi connectivity index (χ1n) is 17.3. The van der Waals surface area contributed by atoms with Crippen LogP contribution in [0.15, 0.2) is 192 Å². The molecule has 0 spiro atoms. The van der Waals surface area contributed by atoms with Crippen LogP contribution in [0.25, 0.3) is 75.5 Å². The highest BCUT2D eigenvalue weighted by atomic mass is 32.1. The van der Waals surface area contributed by atoms with Gasteiger partial charge in [0, 0.05) is 37.6 Å². The molecule has 0 aliphatic heterocycles. The van der Waals surface area contributed by atoms with Gasteiger partial charge in [0.05, 0.1) is 10.4 Å². The second kappa shape index (κ2) is 12.2. The standard InChI is InChI=1S/C48H31NOS/c1-3-11-32(12-4-1)33-19-21-34(22-20-33)35-23-25-37(26-24-35)49(38-27-30-45-42(31-38)40-15-7-9-17-44(40)50-45)43-29-28-39(36-13-5-2-6-14-36)47-41-16-8-10-18-46(41)51-48(43)47/h1-31H. The molecule has 10 rings (SSSR count). The number of benzene rings is 8. The number of nitrogens with zero attached hydrogens (tertiary/aromatic N) is 1. The van der Waals surface area contributed by atoms with Gasteiger partial charge in [-0.1, -0.05) is 140 Å². The molecule has 8 aromatic carbocycles. The number of para-hydroxylation sites is 1. The zero-order valence-electron chi connectivity index (χ0n) is 27.7. The molecule has 0 unspecified atom stereocenters. The Morgan fingerprint density at radius 1 is 0.392 bits per heavy atom. The first-order valence-corrected chi connectivity index (χ1v) is 18.1. The van der Waals surface area contributed by atoms with Crippen LogP contribution in [0.3, 0.4) is 0 Å². The molecule has 51 heavy (non-hydrogen) atoms. The zero-order chi connectivity index (χ0) is 33.7. The van der Waals surface area contributed by atoms with Crippen LogP contribution in [-0.4, -0.2) is 0 Å². The summed E-state index contributed by atoms with van der Waals surface area (Å²) in [7, 11) is 0. The van der Waals surface area contributed by atoms with Crippen molar-refractivity contribution in [2.24, 2.45) is 0 Å². The monoisotopic (exact) mass is 669 g/mol. The van der Waals surface area contributed by atoms with Crippen LogP contribution in [0.1, 0.15) is 0 Å². The van der Waals surface area contributed by atoms with E-state index in [4.69, 9.17) is 4.42 Å². The van der Waals surface area contributed by atoms with Gasteiger partial charge in [-0.15, -0.1) is 11.3 Å². The molecule has 0 radical (unpaired) electrons. The largest absolute Gasteiger partial charge is 0.456 e. The van der Waals surface area contributed by atoms with E-state index in [-0.39, 0.29) is 0 Å². The third-order valence-electron chi connectivity index (χ3n) is 9.90. The van der Waals surface area contributed by atoms with Crippen molar-refractivity contribution < 1.29 is 4.42 Å². The van der Waals surface area contributed by atoms with Gasteiger partial charge in [-0.05, 0) is 81.9 Å². The van der Waals surface area contributed by atoms with Gasteiger partial charge in [0.25, 0.3) is 0 Å². The summed E-state index contributed by atoms with van der Waals surface area (Å²) >= 11 is 1.86. The van der Waals surface area contributed by atoms with Gasteiger partial charge < -0.3 is 9.32 Å². The minimum absolute atomic E-state index is 0.889. The molecule has 2 aromatic heterocycles. The van der Waals surface area contributed by atoms with E-state index < -0.39 is 0 Å². The molecule has 0 amide bonds. The van der Waals surface area contributed by atoms with Gasteiger partial charge >= 0.3 is 0 Å². The summed E-state index contributed by atoms with van der Waals surface area (Å²) < 4.78 is 8.80. The Morgan fingerprint density at radius 2 is 0.941 bits per heavy atom. The molecule has 3 heteroatoms. The minimum atomic E-state index is 0.889. The van der Waals surface area contributed by atoms with Crippen molar-refractivity contribution in [1.29, 1.82) is 0 Å². The second-order valence-electron chi connectivity index (χ2n) is 12.9. The molecule has 2 heterocycles. The van der Waals surface area contributed by atoms with E-state index in [2.05, 4.69) is 181 Å². The van der Waals surface area contributed by atoms with E-state index in [9.17, 15) is 0 Å². The highest BCUT2D eigenvalue weighted by Gasteiger charge is 2.22. The van der Waals surface area contributed by atoms with E-state index in [0.717, 1.165) is 39.0 Å². The second-order valence-corrected chi connectivity index (χ2v) is 14.0. The van der Waals surface area contributed by atoms with Crippen molar-refractivity contribution in [3.63, 3.8) is 0 Å². The van der Waals surface area contributed by atoms with Crippen molar-refractivity contribution in [1.82, 2.24) is 0 Å². The lowest BCUT2D eigenvalue weighted by molar-refractivity contribution is 0.669. The molecule has 2 nitrogen and oxygen atoms in total. The summed E-state index contributed by atoms with van der Waals surface area (Å²) in [6.07, 6.45) is 0. The molecule has 0 aliphatic carbocycles. The lowest BCUT2D eigenvalue weighted by Crippen LogP contribution is -2.10. The fourth-order valence-corrected chi connectivity index (χ4v) is 8.65. The normalized spacial score (nSPS) is 11.5. The Balaban J connectivity index is 1.16. The predicted octanol–water partition coefficient (Wildman–Crippen LogP) is 14.4. The Kier molecular flexibility index (Phi) is 7.04. The molecular weight excluding hydrogens is 639 g/mol. The van der Waals surface area contributed by atoms with Gasteiger partial charge in [-0.25, -0.2) is 0 Å². The maximum Gasteiger partial charge on any atom is 0.135 e.